The summed E-state index contributed by atoms with van der Waals surface area (Å²) in [4.78, 5) is 82.6. The highest BCUT2D eigenvalue weighted by molar-refractivity contribution is 7.60. The second-order valence-corrected chi connectivity index (χ2v) is 22.8. The third-order valence-corrected chi connectivity index (χ3v) is 16.7. The second-order valence-electron chi connectivity index (χ2n) is 22.8. The Balaban J connectivity index is 0.00000241. The molecule has 10 rings (SSSR count). The van der Waals surface area contributed by atoms with Gasteiger partial charge in [-0.25, -0.2) is 5.43 Å². The van der Waals surface area contributed by atoms with Crippen LogP contribution in [0.2, 0.25) is 0 Å². The molecule has 0 saturated carbocycles. The number of carbonyl (C=O) groups excluding carboxylic acids is 5. The molecule has 6 atom stereocenters. The largest absolute Gasteiger partial charge is 0.464 e. The van der Waals surface area contributed by atoms with Crippen molar-refractivity contribution in [1.29, 1.82) is 0 Å². The number of likely N-dealkylation sites (tertiary alicyclic amines) is 2. The highest BCUT2D eigenvalue weighted by Gasteiger charge is 2.54. The number of hydrogen-bond donors (Lipinski definition) is 2. The molecule has 0 radical (unpaired) electrons. The van der Waals surface area contributed by atoms with E-state index in [2.05, 4.69) is 89.2 Å². The van der Waals surface area contributed by atoms with Crippen LogP contribution in [0.3, 0.4) is 0 Å². The molecule has 2 N–H and O–H groups in total. The minimum atomic E-state index is -1.06. The number of hydrazine groups is 1. The van der Waals surface area contributed by atoms with E-state index in [0.29, 0.717) is 84.7 Å². The van der Waals surface area contributed by atoms with E-state index in [1.54, 1.807) is 23.1 Å². The number of nitrogens with zero attached hydrogens (tertiary/aromatic N) is 6. The summed E-state index contributed by atoms with van der Waals surface area (Å²) < 4.78 is 25.5. The molecule has 2 aromatic carbocycles. The van der Waals surface area contributed by atoms with Crippen LogP contribution in [-0.2, 0) is 62.3 Å². The standard InChI is InChI=1S/C59H74N8O9.6H2S/c1-8-64-49-18-16-41-30-45(49)46(53(64)44-14-10-22-60-51(44)38(4)73-7)31-58(5,6)36-76-56(71)47-15-11-23-67(62-47)55(70)48(29-39-12-9-13-40(41)28-39)61-54(69)52(37(2)3)66-25-21-59(57(66)72)20-24-63(35-59)50(68)19-17-42-32-74-27-26-65(42)43-33-75-34-43;;;;;;/h9-10,12-14,16,18,22,28,30,37-38,42-43,47-48,52,62H,8,11,15,20-21,23-27,29,31-36H2,1-7H3,(H,61,69);6*1H2/t38-,42-,47-,48-,52-,59-;;;;;;/m0....../s1. The van der Waals surface area contributed by atoms with Crippen molar-refractivity contribution in [2.24, 2.45) is 16.7 Å². The summed E-state index contributed by atoms with van der Waals surface area (Å²) in [5.74, 6) is 3.95. The Morgan fingerprint density at radius 1 is 0.902 bits per heavy atom. The Morgan fingerprint density at radius 3 is 2.35 bits per heavy atom. The van der Waals surface area contributed by atoms with E-state index in [9.17, 15) is 24.0 Å². The second kappa shape index (κ2) is 29.8. The third-order valence-electron chi connectivity index (χ3n) is 16.7. The molecule has 5 saturated heterocycles. The molecule has 23 heteroatoms. The summed E-state index contributed by atoms with van der Waals surface area (Å²) in [5.41, 5.74) is 9.65. The fourth-order valence-electron chi connectivity index (χ4n) is 12.4. The van der Waals surface area contributed by atoms with Crippen LogP contribution in [0.25, 0.3) is 33.3 Å². The van der Waals surface area contributed by atoms with Crippen LogP contribution in [0.1, 0.15) is 90.2 Å². The Morgan fingerprint density at radius 2 is 1.65 bits per heavy atom. The number of methoxy groups -OCH3 is 1. The van der Waals surface area contributed by atoms with Gasteiger partial charge in [0.2, 0.25) is 11.8 Å². The summed E-state index contributed by atoms with van der Waals surface area (Å²) in [6, 6.07) is 16.0. The normalized spacial score (nSPS) is 23.4. The van der Waals surface area contributed by atoms with E-state index >= 15 is 0 Å². The molecule has 8 heterocycles. The van der Waals surface area contributed by atoms with Gasteiger partial charge in [0.05, 0.1) is 68.0 Å². The number of amides is 4. The Bertz CT molecular complexity index is 2970. The molecule has 6 aliphatic rings. The van der Waals surface area contributed by atoms with Crippen molar-refractivity contribution in [1.82, 2.24) is 40.0 Å². The first-order valence-corrected chi connectivity index (χ1v) is 27.4. The molecular formula is C59H86N8O9S6. The number of esters is 1. The van der Waals surface area contributed by atoms with E-state index in [1.165, 1.54) is 5.01 Å². The van der Waals surface area contributed by atoms with Crippen molar-refractivity contribution in [3.8, 4) is 34.2 Å². The maximum absolute atomic E-state index is 14.9. The number of pyridine rings is 1. The van der Waals surface area contributed by atoms with Crippen molar-refractivity contribution < 1.29 is 42.9 Å². The van der Waals surface area contributed by atoms with Crippen molar-refractivity contribution in [2.75, 3.05) is 72.9 Å². The summed E-state index contributed by atoms with van der Waals surface area (Å²) >= 11 is 0. The van der Waals surface area contributed by atoms with Gasteiger partial charge in [-0.15, -0.1) is 0 Å². The van der Waals surface area contributed by atoms with Gasteiger partial charge in [-0.2, -0.15) is 81.0 Å². The van der Waals surface area contributed by atoms with Gasteiger partial charge in [-0.1, -0.05) is 63.9 Å². The van der Waals surface area contributed by atoms with Gasteiger partial charge >= 0.3 is 5.97 Å². The van der Waals surface area contributed by atoms with Crippen LogP contribution in [0, 0.1) is 28.6 Å². The fourth-order valence-corrected chi connectivity index (χ4v) is 12.4. The topological polar surface area (TPSA) is 177 Å². The van der Waals surface area contributed by atoms with Crippen LogP contribution in [0.15, 0.2) is 60.8 Å². The first-order chi connectivity index (χ1) is 36.6. The SMILES string of the molecule is CCn1c(-c2cccnc2[C@H](C)OC)c2c3cc(ccc31)-c1cccc(c1)C[C@H](NC(=O)[C@H](C(C)C)N1CC[C@]3(CCN(C(=O)C#C[C@H]4COCCN4C4COC4)C3)C1=O)C(=O)N1CCC[C@H](N1)C(=O)OCC(C)(C)C2.S.S.S.S.S.S. The van der Waals surface area contributed by atoms with Crippen LogP contribution in [-0.4, -0.2) is 162 Å². The molecule has 6 bridgehead atoms. The molecule has 0 unspecified atom stereocenters. The van der Waals surface area contributed by atoms with Gasteiger partial charge in [0.25, 0.3) is 11.8 Å². The first-order valence-electron chi connectivity index (χ1n) is 27.4. The number of nitrogens with one attached hydrogen (secondary N) is 2. The summed E-state index contributed by atoms with van der Waals surface area (Å²) in [6.07, 6.45) is 4.24. The highest BCUT2D eigenvalue weighted by Crippen LogP contribution is 2.44. The highest BCUT2D eigenvalue weighted by atomic mass is 32.1. The molecule has 452 valence electrons. The third kappa shape index (κ3) is 14.4. The van der Waals surface area contributed by atoms with Crippen LogP contribution in [0.4, 0.5) is 0 Å². The Kier molecular flexibility index (Phi) is 25.6. The number of aryl methyl sites for hydroxylation is 1. The molecule has 6 aliphatic heterocycles. The zero-order valence-corrected chi connectivity index (χ0v) is 54.2. The first kappa shape index (κ1) is 70.4. The van der Waals surface area contributed by atoms with Gasteiger partial charge in [0.1, 0.15) is 18.1 Å². The number of cyclic esters (lactones) is 1. The molecule has 2 aromatic heterocycles. The van der Waals surface area contributed by atoms with Crippen LogP contribution >= 0.6 is 81.0 Å². The average molecular weight is 1240 g/mol. The number of aromatic nitrogens is 2. The zero-order valence-electron chi connectivity index (χ0n) is 48.2. The van der Waals surface area contributed by atoms with Gasteiger partial charge in [0.15, 0.2) is 0 Å². The number of carbonyl (C=O) groups is 5. The molecule has 4 amide bonds. The smallest absolute Gasteiger partial charge is 0.324 e. The lowest BCUT2D eigenvalue weighted by molar-refractivity contribution is -0.155. The van der Waals surface area contributed by atoms with E-state index in [4.69, 9.17) is 23.9 Å². The van der Waals surface area contributed by atoms with E-state index in [0.717, 1.165) is 56.7 Å². The van der Waals surface area contributed by atoms with E-state index in [-0.39, 0.29) is 136 Å². The fraction of sp³-hybridized carbons (Fsp3) is 0.559. The number of ether oxygens (including phenoxy) is 4. The number of hydrogen-bond acceptors (Lipinski definition) is 12. The summed E-state index contributed by atoms with van der Waals surface area (Å²) in [5, 5.41) is 5.67. The molecular weight excluding hydrogens is 1160 g/mol. The number of morpholine rings is 1. The summed E-state index contributed by atoms with van der Waals surface area (Å²) in [6.45, 7) is 17.3. The molecule has 0 aliphatic carbocycles. The maximum atomic E-state index is 14.9. The zero-order chi connectivity index (χ0) is 53.5. The molecule has 82 heavy (non-hydrogen) atoms. The van der Waals surface area contributed by atoms with Gasteiger partial charge < -0.3 is 38.6 Å². The van der Waals surface area contributed by atoms with Crippen LogP contribution < -0.4 is 10.7 Å². The lowest BCUT2D eigenvalue weighted by Gasteiger charge is -2.42. The lowest BCUT2D eigenvalue weighted by Crippen LogP contribution is -2.62. The Labute approximate surface area is 525 Å². The predicted molar refractivity (Wildman–Crippen MR) is 348 cm³/mol. The quantitative estimate of drug-likeness (QED) is 0.148. The van der Waals surface area contributed by atoms with Crippen LogP contribution in [0.5, 0.6) is 0 Å². The van der Waals surface area contributed by atoms with E-state index in [1.807, 2.05) is 39.0 Å². The Hall–Kier alpha value is -4.06. The van der Waals surface area contributed by atoms with Gasteiger partial charge in [0, 0.05) is 80.9 Å². The van der Waals surface area contributed by atoms with Crippen molar-refractivity contribution >= 4 is 121 Å². The van der Waals surface area contributed by atoms with E-state index < -0.39 is 46.7 Å². The van der Waals surface area contributed by atoms with Crippen molar-refractivity contribution in [3.63, 3.8) is 0 Å². The molecule has 17 nitrogen and oxygen atoms in total. The number of benzene rings is 2. The van der Waals surface area contributed by atoms with Gasteiger partial charge in [-0.3, -0.25) is 38.9 Å². The average Bonchev–Trinajstić information content (AvgIpc) is 4.08. The van der Waals surface area contributed by atoms with Crippen molar-refractivity contribution in [3.05, 3.63) is 77.6 Å². The molecule has 5 fully saturated rings. The van der Waals surface area contributed by atoms with Gasteiger partial charge in [-0.05, 0) is 104 Å². The monoisotopic (exact) mass is 1240 g/mol. The number of rotatable bonds is 9. The maximum Gasteiger partial charge on any atom is 0.324 e. The minimum absolute atomic E-state index is 0. The molecule has 4 aromatic rings. The predicted octanol–water partition coefficient (Wildman–Crippen LogP) is 6.00. The summed E-state index contributed by atoms with van der Waals surface area (Å²) in [7, 11) is 1.69. The molecule has 1 spiro atoms. The lowest BCUT2D eigenvalue weighted by atomic mass is 9.84. The number of fused-ring (bicyclic) bond motifs is 6. The minimum Gasteiger partial charge on any atom is -0.464 e. The van der Waals surface area contributed by atoms with Crippen molar-refractivity contribution in [2.45, 2.75) is 123 Å².